The number of hydrogen-bond donors (Lipinski definition) is 1. The van der Waals surface area contributed by atoms with Crippen LogP contribution in [0.4, 0.5) is 5.69 Å². The van der Waals surface area contributed by atoms with Gasteiger partial charge in [0, 0.05) is 6.07 Å². The van der Waals surface area contributed by atoms with Crippen LogP contribution in [0.15, 0.2) is 42.5 Å². The van der Waals surface area contributed by atoms with Gasteiger partial charge >= 0.3 is 0 Å². The second kappa shape index (κ2) is 8.24. The zero-order valence-electron chi connectivity index (χ0n) is 14.5. The lowest BCUT2D eigenvalue weighted by molar-refractivity contribution is -0.122. The molecule has 2 rings (SSSR count). The monoisotopic (exact) mass is 329 g/mol. The van der Waals surface area contributed by atoms with E-state index < -0.39 is 6.10 Å². The highest BCUT2D eigenvalue weighted by molar-refractivity contribution is 5.95. The van der Waals surface area contributed by atoms with E-state index in [0.29, 0.717) is 22.9 Å². The zero-order valence-corrected chi connectivity index (χ0v) is 14.5. The van der Waals surface area contributed by atoms with Crippen molar-refractivity contribution in [3.05, 3.63) is 48.0 Å². The van der Waals surface area contributed by atoms with Crippen LogP contribution >= 0.6 is 0 Å². The number of carbonyl (C=O) groups is 1. The molecule has 1 N–H and O–H groups in total. The molecule has 0 saturated carbocycles. The number of ether oxygens (including phenoxy) is 3. The predicted molar refractivity (Wildman–Crippen MR) is 94.1 cm³/mol. The summed E-state index contributed by atoms with van der Waals surface area (Å²) in [6, 6.07) is 12.9. The van der Waals surface area contributed by atoms with Gasteiger partial charge in [-0.1, -0.05) is 19.1 Å². The fraction of sp³-hybridized carbons (Fsp3) is 0.316. The van der Waals surface area contributed by atoms with E-state index in [0.717, 1.165) is 12.0 Å². The van der Waals surface area contributed by atoms with Gasteiger partial charge < -0.3 is 19.5 Å². The number of hydrogen-bond acceptors (Lipinski definition) is 4. The fourth-order valence-corrected chi connectivity index (χ4v) is 2.23. The van der Waals surface area contributed by atoms with Gasteiger partial charge in [-0.2, -0.15) is 0 Å². The first kappa shape index (κ1) is 17.7. The molecular formula is C19H23NO4. The molecule has 0 fully saturated rings. The summed E-state index contributed by atoms with van der Waals surface area (Å²) in [5, 5.41) is 2.82. The third-order valence-electron chi connectivity index (χ3n) is 3.66. The average molecular weight is 329 g/mol. The van der Waals surface area contributed by atoms with E-state index in [1.54, 1.807) is 39.3 Å². The molecule has 1 atom stereocenters. The van der Waals surface area contributed by atoms with E-state index >= 15 is 0 Å². The first-order valence-corrected chi connectivity index (χ1v) is 7.85. The van der Waals surface area contributed by atoms with E-state index in [4.69, 9.17) is 14.2 Å². The lowest BCUT2D eigenvalue weighted by Crippen LogP contribution is -2.30. The van der Waals surface area contributed by atoms with E-state index in [1.807, 2.05) is 24.3 Å². The van der Waals surface area contributed by atoms with Crippen LogP contribution in [0.3, 0.4) is 0 Å². The maximum absolute atomic E-state index is 12.4. The van der Waals surface area contributed by atoms with Gasteiger partial charge in [0.1, 0.15) is 17.2 Å². The Morgan fingerprint density at radius 1 is 1.08 bits per heavy atom. The first-order chi connectivity index (χ1) is 11.6. The van der Waals surface area contributed by atoms with Gasteiger partial charge in [0.2, 0.25) is 0 Å². The molecule has 0 heterocycles. The maximum atomic E-state index is 12.4. The maximum Gasteiger partial charge on any atom is 0.265 e. The smallest absolute Gasteiger partial charge is 0.265 e. The predicted octanol–water partition coefficient (Wildman–Crippen LogP) is 3.67. The van der Waals surface area contributed by atoms with Gasteiger partial charge in [0.15, 0.2) is 6.10 Å². The van der Waals surface area contributed by atoms with Gasteiger partial charge in [-0.05, 0) is 43.2 Å². The standard InChI is InChI=1S/C19H23NO4/c1-5-14-7-6-8-16(11-14)24-13(2)19(21)20-17-10-9-15(22-3)12-18(17)23-4/h6-13H,5H2,1-4H3,(H,20,21). The molecule has 0 bridgehead atoms. The van der Waals surface area contributed by atoms with Crippen molar-refractivity contribution < 1.29 is 19.0 Å². The molecule has 2 aromatic rings. The fourth-order valence-electron chi connectivity index (χ4n) is 2.23. The Bertz CT molecular complexity index is 700. The van der Waals surface area contributed by atoms with E-state index in [9.17, 15) is 4.79 Å². The van der Waals surface area contributed by atoms with Gasteiger partial charge in [0.25, 0.3) is 5.91 Å². The third-order valence-corrected chi connectivity index (χ3v) is 3.66. The number of benzene rings is 2. The molecule has 0 radical (unpaired) electrons. The molecule has 5 heteroatoms. The first-order valence-electron chi connectivity index (χ1n) is 7.85. The van der Waals surface area contributed by atoms with Crippen LogP contribution in [0.25, 0.3) is 0 Å². The summed E-state index contributed by atoms with van der Waals surface area (Å²) in [5.41, 5.74) is 1.73. The van der Waals surface area contributed by atoms with Crippen LogP contribution in [-0.4, -0.2) is 26.2 Å². The van der Waals surface area contributed by atoms with Crippen LogP contribution in [0.2, 0.25) is 0 Å². The normalized spacial score (nSPS) is 11.5. The van der Waals surface area contributed by atoms with Crippen molar-refractivity contribution >= 4 is 11.6 Å². The highest BCUT2D eigenvalue weighted by atomic mass is 16.5. The Morgan fingerprint density at radius 3 is 2.54 bits per heavy atom. The lowest BCUT2D eigenvalue weighted by atomic mass is 10.2. The van der Waals surface area contributed by atoms with Crippen molar-refractivity contribution in [3.63, 3.8) is 0 Å². The molecule has 5 nitrogen and oxygen atoms in total. The highest BCUT2D eigenvalue weighted by Crippen LogP contribution is 2.29. The molecule has 1 amide bonds. The van der Waals surface area contributed by atoms with Crippen LogP contribution in [0.5, 0.6) is 17.2 Å². The third kappa shape index (κ3) is 4.41. The minimum Gasteiger partial charge on any atom is -0.497 e. The second-order valence-corrected chi connectivity index (χ2v) is 5.32. The molecule has 128 valence electrons. The second-order valence-electron chi connectivity index (χ2n) is 5.32. The summed E-state index contributed by atoms with van der Waals surface area (Å²) in [7, 11) is 3.12. The van der Waals surface area contributed by atoms with Crippen molar-refractivity contribution in [2.45, 2.75) is 26.4 Å². The molecule has 0 aliphatic heterocycles. The van der Waals surface area contributed by atoms with Crippen LogP contribution < -0.4 is 19.5 Å². The molecule has 1 unspecified atom stereocenters. The molecule has 24 heavy (non-hydrogen) atoms. The topological polar surface area (TPSA) is 56.8 Å². The largest absolute Gasteiger partial charge is 0.497 e. The van der Waals surface area contributed by atoms with Gasteiger partial charge in [-0.15, -0.1) is 0 Å². The molecule has 0 aliphatic rings. The Hall–Kier alpha value is -2.69. The Morgan fingerprint density at radius 2 is 1.88 bits per heavy atom. The van der Waals surface area contributed by atoms with Crippen LogP contribution in [-0.2, 0) is 11.2 Å². The number of rotatable bonds is 7. The minimum absolute atomic E-state index is 0.250. The summed E-state index contributed by atoms with van der Waals surface area (Å²) in [6.45, 7) is 3.79. The average Bonchev–Trinajstić information content (AvgIpc) is 2.62. The number of anilines is 1. The van der Waals surface area contributed by atoms with Crippen molar-refractivity contribution in [1.29, 1.82) is 0 Å². The van der Waals surface area contributed by atoms with E-state index in [2.05, 4.69) is 12.2 Å². The molecule has 0 aliphatic carbocycles. The SMILES string of the molecule is CCc1cccc(OC(C)C(=O)Nc2ccc(OC)cc2OC)c1. The van der Waals surface area contributed by atoms with Gasteiger partial charge in [-0.3, -0.25) is 4.79 Å². The van der Waals surface area contributed by atoms with Crippen molar-refractivity contribution in [1.82, 2.24) is 0 Å². The number of methoxy groups -OCH3 is 2. The molecule has 0 spiro atoms. The van der Waals surface area contributed by atoms with Gasteiger partial charge in [0.05, 0.1) is 19.9 Å². The lowest BCUT2D eigenvalue weighted by Gasteiger charge is -2.17. The summed E-state index contributed by atoms with van der Waals surface area (Å²) in [4.78, 5) is 12.4. The van der Waals surface area contributed by atoms with Crippen molar-refractivity contribution in [2.24, 2.45) is 0 Å². The van der Waals surface area contributed by atoms with Crippen LogP contribution in [0, 0.1) is 0 Å². The Balaban J connectivity index is 2.06. The van der Waals surface area contributed by atoms with Gasteiger partial charge in [-0.25, -0.2) is 0 Å². The quantitative estimate of drug-likeness (QED) is 0.842. The minimum atomic E-state index is -0.635. The van der Waals surface area contributed by atoms with Crippen molar-refractivity contribution in [2.75, 3.05) is 19.5 Å². The van der Waals surface area contributed by atoms with E-state index in [1.165, 1.54) is 0 Å². The summed E-state index contributed by atoms with van der Waals surface area (Å²) < 4.78 is 16.2. The number of carbonyl (C=O) groups excluding carboxylic acids is 1. The number of aryl methyl sites for hydroxylation is 1. The highest BCUT2D eigenvalue weighted by Gasteiger charge is 2.17. The molecular weight excluding hydrogens is 306 g/mol. The number of nitrogens with one attached hydrogen (secondary N) is 1. The van der Waals surface area contributed by atoms with Crippen LogP contribution in [0.1, 0.15) is 19.4 Å². The molecule has 0 aromatic heterocycles. The number of amides is 1. The Labute approximate surface area is 142 Å². The van der Waals surface area contributed by atoms with E-state index in [-0.39, 0.29) is 5.91 Å². The zero-order chi connectivity index (χ0) is 17.5. The Kier molecular flexibility index (Phi) is 6.07. The summed E-state index contributed by atoms with van der Waals surface area (Å²) >= 11 is 0. The summed E-state index contributed by atoms with van der Waals surface area (Å²) in [5.74, 6) is 1.62. The molecule has 2 aromatic carbocycles. The summed E-state index contributed by atoms with van der Waals surface area (Å²) in [6.07, 6.45) is 0.282. The van der Waals surface area contributed by atoms with Crippen molar-refractivity contribution in [3.8, 4) is 17.2 Å². The molecule has 0 saturated heterocycles.